The van der Waals surface area contributed by atoms with Crippen molar-refractivity contribution in [1.29, 1.82) is 0 Å². The summed E-state index contributed by atoms with van der Waals surface area (Å²) in [6.07, 6.45) is 1.76. The first kappa shape index (κ1) is 22.2. The van der Waals surface area contributed by atoms with Crippen LogP contribution in [0, 0.1) is 0 Å². The molecule has 1 heterocycles. The number of benzene rings is 1. The lowest BCUT2D eigenvalue weighted by molar-refractivity contribution is -0.139. The molecule has 1 aromatic rings. The molecule has 2 rings (SSSR count). The lowest BCUT2D eigenvalue weighted by Gasteiger charge is -2.37. The maximum absolute atomic E-state index is 12.2. The summed E-state index contributed by atoms with van der Waals surface area (Å²) in [5.74, 6) is -0.136. The molecule has 7 nitrogen and oxygen atoms in total. The zero-order chi connectivity index (χ0) is 18.2. The standard InChI is InChI=1S/C18H27N3O4.ClH/c1-3-21(13-18(23)24)15-7-9-20(10-8-15)12-17(22)19-14-5-4-6-16(11-14)25-2;/h4-6,11,15H,3,7-10,12-13H2,1-2H3,(H,19,22)(H,23,24);1H. The molecule has 0 unspecified atom stereocenters. The van der Waals surface area contributed by atoms with Crippen LogP contribution >= 0.6 is 12.4 Å². The summed E-state index contributed by atoms with van der Waals surface area (Å²) < 4.78 is 5.15. The fourth-order valence-electron chi connectivity index (χ4n) is 3.22. The van der Waals surface area contributed by atoms with Gasteiger partial charge in [0.15, 0.2) is 0 Å². The maximum atomic E-state index is 12.2. The first-order valence-corrected chi connectivity index (χ1v) is 8.64. The van der Waals surface area contributed by atoms with Crippen molar-refractivity contribution in [3.8, 4) is 5.75 Å². The van der Waals surface area contributed by atoms with Gasteiger partial charge in [-0.15, -0.1) is 12.4 Å². The Morgan fingerprint density at radius 2 is 2.04 bits per heavy atom. The smallest absolute Gasteiger partial charge is 0.317 e. The van der Waals surface area contributed by atoms with Crippen LogP contribution in [0.2, 0.25) is 0 Å². The number of likely N-dealkylation sites (tertiary alicyclic amines) is 1. The zero-order valence-electron chi connectivity index (χ0n) is 15.3. The van der Waals surface area contributed by atoms with E-state index in [0.717, 1.165) is 38.2 Å². The Morgan fingerprint density at radius 3 is 2.62 bits per heavy atom. The van der Waals surface area contributed by atoms with E-state index in [1.807, 2.05) is 30.0 Å². The number of hydrogen-bond donors (Lipinski definition) is 2. The number of aliphatic carboxylic acids is 1. The summed E-state index contributed by atoms with van der Waals surface area (Å²) in [7, 11) is 1.59. The molecule has 0 bridgehead atoms. The van der Waals surface area contributed by atoms with Gasteiger partial charge in [-0.3, -0.25) is 19.4 Å². The van der Waals surface area contributed by atoms with E-state index in [2.05, 4.69) is 10.2 Å². The Morgan fingerprint density at radius 1 is 1.35 bits per heavy atom. The number of nitrogens with one attached hydrogen (secondary N) is 1. The molecule has 1 saturated heterocycles. The number of methoxy groups -OCH3 is 1. The van der Waals surface area contributed by atoms with Crippen LogP contribution in [0.25, 0.3) is 0 Å². The lowest BCUT2D eigenvalue weighted by Crippen LogP contribution is -2.48. The molecule has 0 aliphatic carbocycles. The summed E-state index contributed by atoms with van der Waals surface area (Å²) in [4.78, 5) is 27.2. The van der Waals surface area contributed by atoms with Gasteiger partial charge in [0.1, 0.15) is 5.75 Å². The van der Waals surface area contributed by atoms with Crippen molar-refractivity contribution in [2.75, 3.05) is 45.2 Å². The molecule has 0 saturated carbocycles. The second-order valence-electron chi connectivity index (χ2n) is 6.24. The molecule has 1 aromatic carbocycles. The second kappa shape index (κ2) is 11.0. The van der Waals surface area contributed by atoms with Gasteiger partial charge >= 0.3 is 5.97 Å². The lowest BCUT2D eigenvalue weighted by atomic mass is 10.0. The van der Waals surface area contributed by atoms with E-state index in [1.54, 1.807) is 13.2 Å². The Labute approximate surface area is 160 Å². The van der Waals surface area contributed by atoms with Gasteiger partial charge in [0.2, 0.25) is 5.91 Å². The van der Waals surface area contributed by atoms with Crippen molar-refractivity contribution in [2.24, 2.45) is 0 Å². The molecule has 1 fully saturated rings. The normalized spacial score (nSPS) is 15.3. The van der Waals surface area contributed by atoms with Crippen molar-refractivity contribution < 1.29 is 19.4 Å². The van der Waals surface area contributed by atoms with Gasteiger partial charge in [-0.05, 0) is 31.5 Å². The van der Waals surface area contributed by atoms with Gasteiger partial charge in [0.25, 0.3) is 0 Å². The van der Waals surface area contributed by atoms with Gasteiger partial charge < -0.3 is 15.2 Å². The fourth-order valence-corrected chi connectivity index (χ4v) is 3.22. The van der Waals surface area contributed by atoms with E-state index in [9.17, 15) is 9.59 Å². The average molecular weight is 386 g/mol. The summed E-state index contributed by atoms with van der Waals surface area (Å²) in [6, 6.07) is 7.56. The van der Waals surface area contributed by atoms with Crippen LogP contribution in [0.5, 0.6) is 5.75 Å². The number of likely N-dealkylation sites (N-methyl/N-ethyl adjacent to an activating group) is 1. The van der Waals surface area contributed by atoms with E-state index in [1.165, 1.54) is 0 Å². The third kappa shape index (κ3) is 6.82. The monoisotopic (exact) mass is 385 g/mol. The second-order valence-corrected chi connectivity index (χ2v) is 6.24. The molecule has 26 heavy (non-hydrogen) atoms. The quantitative estimate of drug-likeness (QED) is 0.711. The molecule has 1 aliphatic heterocycles. The highest BCUT2D eigenvalue weighted by Crippen LogP contribution is 2.18. The Bertz CT molecular complexity index is 592. The Hall–Kier alpha value is -1.83. The number of halogens is 1. The molecule has 8 heteroatoms. The number of hydrogen-bond acceptors (Lipinski definition) is 5. The van der Waals surface area contributed by atoms with Crippen LogP contribution in [0.15, 0.2) is 24.3 Å². The molecule has 0 radical (unpaired) electrons. The van der Waals surface area contributed by atoms with E-state index < -0.39 is 5.97 Å². The van der Waals surface area contributed by atoms with Gasteiger partial charge in [0.05, 0.1) is 20.2 Å². The molecule has 1 amide bonds. The van der Waals surface area contributed by atoms with Crippen LogP contribution in [0.3, 0.4) is 0 Å². The predicted molar refractivity (Wildman–Crippen MR) is 103 cm³/mol. The van der Waals surface area contributed by atoms with Gasteiger partial charge in [-0.25, -0.2) is 0 Å². The first-order valence-electron chi connectivity index (χ1n) is 8.64. The number of carbonyl (C=O) groups excluding carboxylic acids is 1. The van der Waals surface area contributed by atoms with Crippen molar-refractivity contribution in [3.63, 3.8) is 0 Å². The van der Waals surface area contributed by atoms with Gasteiger partial charge in [-0.2, -0.15) is 0 Å². The van der Waals surface area contributed by atoms with Crippen LogP contribution < -0.4 is 10.1 Å². The number of amides is 1. The highest BCUT2D eigenvalue weighted by atomic mass is 35.5. The van der Waals surface area contributed by atoms with Crippen molar-refractivity contribution in [1.82, 2.24) is 9.80 Å². The van der Waals surface area contributed by atoms with E-state index >= 15 is 0 Å². The van der Waals surface area contributed by atoms with Crippen molar-refractivity contribution in [2.45, 2.75) is 25.8 Å². The summed E-state index contributed by atoms with van der Waals surface area (Å²) in [5.41, 5.74) is 0.720. The van der Waals surface area contributed by atoms with Gasteiger partial charge in [-0.1, -0.05) is 13.0 Å². The van der Waals surface area contributed by atoms with E-state index in [4.69, 9.17) is 9.84 Å². The van der Waals surface area contributed by atoms with Crippen LogP contribution in [-0.2, 0) is 9.59 Å². The number of ether oxygens (including phenoxy) is 1. The number of carboxylic acid groups (broad SMARTS) is 1. The Balaban J connectivity index is 0.00000338. The summed E-state index contributed by atoms with van der Waals surface area (Å²) in [5, 5.41) is 11.9. The van der Waals surface area contributed by atoms with Crippen LogP contribution in [-0.4, -0.2) is 72.7 Å². The number of carbonyl (C=O) groups is 2. The molecule has 0 spiro atoms. The molecule has 1 aliphatic rings. The molecular weight excluding hydrogens is 358 g/mol. The Kier molecular flexibility index (Phi) is 9.40. The van der Waals surface area contributed by atoms with Gasteiger partial charge in [0, 0.05) is 30.9 Å². The fraction of sp³-hybridized carbons (Fsp3) is 0.556. The van der Waals surface area contributed by atoms with E-state index in [0.29, 0.717) is 12.3 Å². The molecule has 0 atom stereocenters. The number of carboxylic acids is 1. The third-order valence-corrected chi connectivity index (χ3v) is 4.54. The van der Waals surface area contributed by atoms with E-state index in [-0.39, 0.29) is 30.9 Å². The number of piperidine rings is 1. The maximum Gasteiger partial charge on any atom is 0.317 e. The minimum absolute atomic E-state index is 0. The summed E-state index contributed by atoms with van der Waals surface area (Å²) in [6.45, 7) is 4.73. The summed E-state index contributed by atoms with van der Waals surface area (Å²) >= 11 is 0. The van der Waals surface area contributed by atoms with Crippen LogP contribution in [0.4, 0.5) is 5.69 Å². The van der Waals surface area contributed by atoms with Crippen molar-refractivity contribution >= 4 is 30.0 Å². The molecule has 0 aromatic heterocycles. The van der Waals surface area contributed by atoms with Crippen molar-refractivity contribution in [3.05, 3.63) is 24.3 Å². The highest BCUT2D eigenvalue weighted by molar-refractivity contribution is 5.92. The average Bonchev–Trinajstić information content (AvgIpc) is 2.60. The molecular formula is C18H28ClN3O4. The minimum atomic E-state index is -0.790. The zero-order valence-corrected chi connectivity index (χ0v) is 16.1. The SMILES string of the molecule is CCN(CC(=O)O)C1CCN(CC(=O)Nc2cccc(OC)c2)CC1.Cl. The largest absolute Gasteiger partial charge is 0.497 e. The first-order chi connectivity index (χ1) is 12.0. The third-order valence-electron chi connectivity index (χ3n) is 4.54. The topological polar surface area (TPSA) is 82.1 Å². The number of nitrogens with zero attached hydrogens (tertiary/aromatic N) is 2. The molecule has 2 N–H and O–H groups in total. The van der Waals surface area contributed by atoms with Crippen LogP contribution in [0.1, 0.15) is 19.8 Å². The number of rotatable bonds is 8. The predicted octanol–water partition coefficient (Wildman–Crippen LogP) is 1.93. The highest BCUT2D eigenvalue weighted by Gasteiger charge is 2.25. The number of anilines is 1. The molecule has 146 valence electrons. The minimum Gasteiger partial charge on any atom is -0.497 e.